The Balaban J connectivity index is 1.55. The molecule has 6 nitrogen and oxygen atoms in total. The summed E-state index contributed by atoms with van der Waals surface area (Å²) >= 11 is 0. The molecule has 2 aliphatic rings. The summed E-state index contributed by atoms with van der Waals surface area (Å²) in [6, 6.07) is 4.09. The molecule has 1 aromatic rings. The van der Waals surface area contributed by atoms with Crippen molar-refractivity contribution in [2.75, 3.05) is 32.9 Å². The number of amides is 2. The SMILES string of the molecule is O=C(NC[C@H]1COCCO1)N1CCC[C@H]1c1ccncc1. The van der Waals surface area contributed by atoms with Crippen LogP contribution in [-0.4, -0.2) is 54.9 Å². The van der Waals surface area contributed by atoms with E-state index in [9.17, 15) is 4.79 Å². The number of hydrogen-bond donors (Lipinski definition) is 1. The Bertz CT molecular complexity index is 462. The van der Waals surface area contributed by atoms with Gasteiger partial charge in [-0.25, -0.2) is 4.79 Å². The Kier molecular flexibility index (Phi) is 4.67. The molecule has 2 saturated heterocycles. The van der Waals surface area contributed by atoms with Crippen LogP contribution in [0.25, 0.3) is 0 Å². The Morgan fingerprint density at radius 3 is 3.00 bits per heavy atom. The van der Waals surface area contributed by atoms with Gasteiger partial charge in [-0.3, -0.25) is 4.98 Å². The van der Waals surface area contributed by atoms with E-state index in [4.69, 9.17) is 9.47 Å². The van der Waals surface area contributed by atoms with E-state index in [0.717, 1.165) is 24.9 Å². The second-order valence-electron chi connectivity index (χ2n) is 5.39. The largest absolute Gasteiger partial charge is 0.376 e. The zero-order valence-corrected chi connectivity index (χ0v) is 12.0. The fourth-order valence-electron chi connectivity index (χ4n) is 2.90. The van der Waals surface area contributed by atoms with Gasteiger partial charge in [-0.1, -0.05) is 0 Å². The highest BCUT2D eigenvalue weighted by Gasteiger charge is 2.30. The number of ether oxygens (including phenoxy) is 2. The van der Waals surface area contributed by atoms with Crippen LogP contribution in [-0.2, 0) is 9.47 Å². The monoisotopic (exact) mass is 291 g/mol. The number of likely N-dealkylation sites (tertiary alicyclic amines) is 1. The Morgan fingerprint density at radius 1 is 1.38 bits per heavy atom. The smallest absolute Gasteiger partial charge is 0.318 e. The summed E-state index contributed by atoms with van der Waals surface area (Å²) < 4.78 is 10.9. The molecular weight excluding hydrogens is 270 g/mol. The number of carbonyl (C=O) groups is 1. The van der Waals surface area contributed by atoms with E-state index in [1.807, 2.05) is 17.0 Å². The zero-order chi connectivity index (χ0) is 14.5. The average molecular weight is 291 g/mol. The van der Waals surface area contributed by atoms with Gasteiger partial charge in [-0.15, -0.1) is 0 Å². The van der Waals surface area contributed by atoms with E-state index in [1.165, 1.54) is 0 Å². The molecule has 0 bridgehead atoms. The van der Waals surface area contributed by atoms with Crippen molar-refractivity contribution in [3.63, 3.8) is 0 Å². The van der Waals surface area contributed by atoms with Crippen LogP contribution in [0.2, 0.25) is 0 Å². The number of nitrogens with one attached hydrogen (secondary N) is 1. The van der Waals surface area contributed by atoms with Gasteiger partial charge in [0.2, 0.25) is 0 Å². The van der Waals surface area contributed by atoms with Crippen molar-refractivity contribution >= 4 is 6.03 Å². The second-order valence-corrected chi connectivity index (χ2v) is 5.39. The van der Waals surface area contributed by atoms with Crippen molar-refractivity contribution < 1.29 is 14.3 Å². The molecule has 1 N–H and O–H groups in total. The third kappa shape index (κ3) is 3.51. The molecule has 0 spiro atoms. The first-order valence-electron chi connectivity index (χ1n) is 7.48. The molecular formula is C15H21N3O3. The maximum atomic E-state index is 12.4. The van der Waals surface area contributed by atoms with Crippen LogP contribution in [0.4, 0.5) is 4.79 Å². The van der Waals surface area contributed by atoms with Crippen LogP contribution < -0.4 is 5.32 Å². The maximum Gasteiger partial charge on any atom is 0.318 e. The summed E-state index contributed by atoms with van der Waals surface area (Å²) in [5.41, 5.74) is 1.15. The third-order valence-electron chi connectivity index (χ3n) is 3.97. The molecule has 21 heavy (non-hydrogen) atoms. The average Bonchev–Trinajstić information content (AvgIpc) is 3.04. The molecule has 2 amide bonds. The minimum absolute atomic E-state index is 0.0246. The fraction of sp³-hybridized carbons (Fsp3) is 0.600. The first-order valence-corrected chi connectivity index (χ1v) is 7.48. The summed E-state index contributed by atoms with van der Waals surface area (Å²) in [7, 11) is 0. The number of pyridine rings is 1. The molecule has 0 radical (unpaired) electrons. The van der Waals surface area contributed by atoms with Gasteiger partial charge in [-0.2, -0.15) is 0 Å². The molecule has 114 valence electrons. The summed E-state index contributed by atoms with van der Waals surface area (Å²) in [4.78, 5) is 18.3. The summed E-state index contributed by atoms with van der Waals surface area (Å²) in [5.74, 6) is 0. The maximum absolute atomic E-state index is 12.4. The number of nitrogens with zero attached hydrogens (tertiary/aromatic N) is 2. The zero-order valence-electron chi connectivity index (χ0n) is 12.0. The normalized spacial score (nSPS) is 25.8. The molecule has 3 rings (SSSR count). The van der Waals surface area contributed by atoms with E-state index in [2.05, 4.69) is 10.3 Å². The van der Waals surface area contributed by atoms with Crippen LogP contribution in [0.5, 0.6) is 0 Å². The van der Waals surface area contributed by atoms with E-state index in [0.29, 0.717) is 26.4 Å². The van der Waals surface area contributed by atoms with Crippen LogP contribution in [0, 0.1) is 0 Å². The molecule has 2 fully saturated rings. The fourth-order valence-corrected chi connectivity index (χ4v) is 2.90. The highest BCUT2D eigenvalue weighted by atomic mass is 16.6. The molecule has 0 aromatic carbocycles. The van der Waals surface area contributed by atoms with Gasteiger partial charge in [0.15, 0.2) is 0 Å². The van der Waals surface area contributed by atoms with Gasteiger partial charge in [0.25, 0.3) is 0 Å². The minimum Gasteiger partial charge on any atom is -0.376 e. The van der Waals surface area contributed by atoms with Gasteiger partial charge < -0.3 is 19.7 Å². The molecule has 0 saturated carbocycles. The van der Waals surface area contributed by atoms with Crippen molar-refractivity contribution in [2.45, 2.75) is 25.0 Å². The lowest BCUT2D eigenvalue weighted by atomic mass is 10.1. The van der Waals surface area contributed by atoms with Crippen LogP contribution in [0.15, 0.2) is 24.5 Å². The van der Waals surface area contributed by atoms with Crippen LogP contribution >= 0.6 is 0 Å². The highest BCUT2D eigenvalue weighted by Crippen LogP contribution is 2.31. The molecule has 0 aliphatic carbocycles. The molecule has 0 unspecified atom stereocenters. The second kappa shape index (κ2) is 6.87. The summed E-state index contributed by atoms with van der Waals surface area (Å²) in [6.45, 7) is 3.08. The van der Waals surface area contributed by atoms with Crippen molar-refractivity contribution in [3.05, 3.63) is 30.1 Å². The van der Waals surface area contributed by atoms with E-state index in [-0.39, 0.29) is 18.2 Å². The van der Waals surface area contributed by atoms with Crippen molar-refractivity contribution in [1.82, 2.24) is 15.2 Å². The minimum atomic E-state index is -0.0373. The van der Waals surface area contributed by atoms with Crippen molar-refractivity contribution in [1.29, 1.82) is 0 Å². The molecule has 3 heterocycles. The van der Waals surface area contributed by atoms with Crippen molar-refractivity contribution in [2.24, 2.45) is 0 Å². The van der Waals surface area contributed by atoms with Gasteiger partial charge in [-0.05, 0) is 30.5 Å². The number of urea groups is 1. The van der Waals surface area contributed by atoms with Gasteiger partial charge in [0.05, 0.1) is 32.0 Å². The van der Waals surface area contributed by atoms with Crippen LogP contribution in [0.3, 0.4) is 0 Å². The standard InChI is InChI=1S/C15H21N3O3/c19-15(17-10-13-11-20-8-9-21-13)18-7-1-2-14(18)12-3-5-16-6-4-12/h3-6,13-14H,1-2,7-11H2,(H,17,19)/t13-,14-/m0/s1. The highest BCUT2D eigenvalue weighted by molar-refractivity contribution is 5.75. The summed E-state index contributed by atoms with van der Waals surface area (Å²) in [6.07, 6.45) is 5.54. The van der Waals surface area contributed by atoms with E-state index in [1.54, 1.807) is 12.4 Å². The van der Waals surface area contributed by atoms with Crippen molar-refractivity contribution in [3.8, 4) is 0 Å². The third-order valence-corrected chi connectivity index (χ3v) is 3.97. The predicted octanol–water partition coefficient (Wildman–Crippen LogP) is 1.34. The van der Waals surface area contributed by atoms with Gasteiger partial charge in [0.1, 0.15) is 0 Å². The van der Waals surface area contributed by atoms with Gasteiger partial charge >= 0.3 is 6.03 Å². The van der Waals surface area contributed by atoms with Gasteiger partial charge in [0, 0.05) is 25.5 Å². The molecule has 6 heteroatoms. The Hall–Kier alpha value is -1.66. The number of carbonyl (C=O) groups excluding carboxylic acids is 1. The Labute approximate surface area is 124 Å². The first kappa shape index (κ1) is 14.3. The lowest BCUT2D eigenvalue weighted by Gasteiger charge is -2.27. The molecule has 1 aromatic heterocycles. The Morgan fingerprint density at radius 2 is 2.24 bits per heavy atom. The topological polar surface area (TPSA) is 63.7 Å². The molecule has 2 aliphatic heterocycles. The van der Waals surface area contributed by atoms with E-state index < -0.39 is 0 Å². The number of hydrogen-bond acceptors (Lipinski definition) is 4. The lowest BCUT2D eigenvalue weighted by molar-refractivity contribution is -0.0856. The quantitative estimate of drug-likeness (QED) is 0.913. The van der Waals surface area contributed by atoms with E-state index >= 15 is 0 Å². The van der Waals surface area contributed by atoms with Crippen LogP contribution in [0.1, 0.15) is 24.4 Å². The number of rotatable bonds is 3. The predicted molar refractivity (Wildman–Crippen MR) is 76.9 cm³/mol. The lowest BCUT2D eigenvalue weighted by Crippen LogP contribution is -2.45. The summed E-state index contributed by atoms with van der Waals surface area (Å²) in [5, 5.41) is 2.96. The first-order chi connectivity index (χ1) is 10.3. The molecule has 2 atom stereocenters. The number of aromatic nitrogens is 1.